The number of rotatable bonds is 4. The summed E-state index contributed by atoms with van der Waals surface area (Å²) in [6.45, 7) is 5.68. The molecule has 6 nitrogen and oxygen atoms in total. The van der Waals surface area contributed by atoms with Gasteiger partial charge >= 0.3 is 6.03 Å². The van der Waals surface area contributed by atoms with Crippen LogP contribution in [0.4, 0.5) is 4.79 Å². The predicted molar refractivity (Wildman–Crippen MR) is 63.4 cm³/mol. The summed E-state index contributed by atoms with van der Waals surface area (Å²) in [5, 5.41) is 6.39. The molecule has 1 heterocycles. The van der Waals surface area contributed by atoms with Gasteiger partial charge < -0.3 is 5.73 Å². The van der Waals surface area contributed by atoms with Crippen LogP contribution in [-0.4, -0.2) is 21.7 Å². The molecule has 1 aromatic rings. The van der Waals surface area contributed by atoms with Crippen molar-refractivity contribution >= 4 is 11.9 Å². The lowest BCUT2D eigenvalue weighted by atomic mass is 10.2. The number of nitrogens with zero attached hydrogens (tertiary/aromatic N) is 2. The maximum Gasteiger partial charge on any atom is 0.318 e. The summed E-state index contributed by atoms with van der Waals surface area (Å²) in [4.78, 5) is 22.3. The molecule has 0 bridgehead atoms. The van der Waals surface area contributed by atoms with Crippen LogP contribution < -0.4 is 11.1 Å². The number of aryl methyl sites for hydroxylation is 2. The maximum absolute atomic E-state index is 11.6. The van der Waals surface area contributed by atoms with Gasteiger partial charge in [-0.25, -0.2) is 4.79 Å². The fourth-order valence-corrected chi connectivity index (χ4v) is 1.60. The van der Waals surface area contributed by atoms with E-state index in [1.54, 1.807) is 11.6 Å². The molecule has 0 aromatic carbocycles. The van der Waals surface area contributed by atoms with Gasteiger partial charge in [0.25, 0.3) is 5.91 Å². The molecule has 0 saturated heterocycles. The molecule has 6 heteroatoms. The third kappa shape index (κ3) is 3.05. The molecule has 0 aliphatic rings. The third-order valence-corrected chi connectivity index (χ3v) is 2.58. The molecule has 0 spiro atoms. The summed E-state index contributed by atoms with van der Waals surface area (Å²) in [7, 11) is 0. The number of nitrogens with one attached hydrogen (secondary N) is 1. The number of aromatic nitrogens is 2. The van der Waals surface area contributed by atoms with E-state index >= 15 is 0 Å². The molecule has 17 heavy (non-hydrogen) atoms. The van der Waals surface area contributed by atoms with Gasteiger partial charge in [-0.2, -0.15) is 5.10 Å². The quantitative estimate of drug-likeness (QED) is 0.811. The van der Waals surface area contributed by atoms with Crippen molar-refractivity contribution in [2.75, 3.05) is 0 Å². The van der Waals surface area contributed by atoms with E-state index in [4.69, 9.17) is 5.73 Å². The van der Waals surface area contributed by atoms with E-state index < -0.39 is 18.0 Å². The van der Waals surface area contributed by atoms with Crippen LogP contribution in [0.5, 0.6) is 0 Å². The van der Waals surface area contributed by atoms with Crippen molar-refractivity contribution in [3.8, 4) is 0 Å². The van der Waals surface area contributed by atoms with Crippen LogP contribution in [0.25, 0.3) is 0 Å². The molecule has 3 amide bonds. The molecule has 3 N–H and O–H groups in total. The standard InChI is InChI=1S/C11H18N4O2/c1-4-8-6-9(5-2)15(14-8)7(3)10(16)13-11(12)17/h6-7H,4-5H2,1-3H3,(H3,12,13,16,17). The highest BCUT2D eigenvalue weighted by Gasteiger charge is 2.19. The second kappa shape index (κ2) is 5.47. The number of imide groups is 1. The molecular formula is C11H18N4O2. The topological polar surface area (TPSA) is 90.0 Å². The molecule has 94 valence electrons. The van der Waals surface area contributed by atoms with Gasteiger partial charge in [0.05, 0.1) is 5.69 Å². The second-order valence-corrected chi connectivity index (χ2v) is 3.81. The number of urea groups is 1. The van der Waals surface area contributed by atoms with Crippen LogP contribution in [0, 0.1) is 0 Å². The van der Waals surface area contributed by atoms with Gasteiger partial charge in [0.1, 0.15) is 6.04 Å². The molecule has 0 aliphatic heterocycles. The van der Waals surface area contributed by atoms with E-state index in [9.17, 15) is 9.59 Å². The molecular weight excluding hydrogens is 220 g/mol. The van der Waals surface area contributed by atoms with Gasteiger partial charge in [-0.15, -0.1) is 0 Å². The van der Waals surface area contributed by atoms with Gasteiger partial charge in [-0.05, 0) is 25.8 Å². The fourth-order valence-electron chi connectivity index (χ4n) is 1.60. The van der Waals surface area contributed by atoms with Crippen LogP contribution in [0.3, 0.4) is 0 Å². The van der Waals surface area contributed by atoms with E-state index in [0.717, 1.165) is 24.2 Å². The number of amides is 3. The van der Waals surface area contributed by atoms with E-state index in [0.29, 0.717) is 0 Å². The molecule has 0 radical (unpaired) electrons. The first kappa shape index (κ1) is 13.2. The van der Waals surface area contributed by atoms with E-state index in [2.05, 4.69) is 10.4 Å². The number of primary amides is 1. The Bertz CT molecular complexity index is 425. The Morgan fingerprint density at radius 3 is 2.59 bits per heavy atom. The normalized spacial score (nSPS) is 12.2. The predicted octanol–water partition coefficient (Wildman–Crippen LogP) is 0.764. The van der Waals surface area contributed by atoms with Crippen LogP contribution >= 0.6 is 0 Å². The summed E-state index contributed by atoms with van der Waals surface area (Å²) >= 11 is 0. The lowest BCUT2D eigenvalue weighted by Crippen LogP contribution is -2.39. The summed E-state index contributed by atoms with van der Waals surface area (Å²) in [6.07, 6.45) is 1.59. The average molecular weight is 238 g/mol. The van der Waals surface area contributed by atoms with Crippen LogP contribution in [0.15, 0.2) is 6.07 Å². The summed E-state index contributed by atoms with van der Waals surface area (Å²) in [5.41, 5.74) is 6.81. The van der Waals surface area contributed by atoms with Crippen molar-refractivity contribution in [1.82, 2.24) is 15.1 Å². The number of carbonyl (C=O) groups excluding carboxylic acids is 2. The highest BCUT2D eigenvalue weighted by Crippen LogP contribution is 2.13. The van der Waals surface area contributed by atoms with Crippen molar-refractivity contribution < 1.29 is 9.59 Å². The van der Waals surface area contributed by atoms with E-state index in [1.807, 2.05) is 19.9 Å². The molecule has 1 aromatic heterocycles. The molecule has 1 unspecified atom stereocenters. The highest BCUT2D eigenvalue weighted by atomic mass is 16.2. The Morgan fingerprint density at radius 2 is 2.12 bits per heavy atom. The number of hydrogen-bond donors (Lipinski definition) is 2. The lowest BCUT2D eigenvalue weighted by molar-refractivity contribution is -0.123. The van der Waals surface area contributed by atoms with Crippen molar-refractivity contribution in [2.45, 2.75) is 39.7 Å². The Labute approximate surface area is 100 Å². The Hall–Kier alpha value is -1.85. The fraction of sp³-hybridized carbons (Fsp3) is 0.545. The minimum Gasteiger partial charge on any atom is -0.351 e. The van der Waals surface area contributed by atoms with Crippen molar-refractivity contribution in [2.24, 2.45) is 5.73 Å². The second-order valence-electron chi connectivity index (χ2n) is 3.81. The maximum atomic E-state index is 11.6. The van der Waals surface area contributed by atoms with Gasteiger partial charge in [0.2, 0.25) is 0 Å². The Kier molecular flexibility index (Phi) is 4.25. The van der Waals surface area contributed by atoms with Gasteiger partial charge in [0, 0.05) is 5.69 Å². The lowest BCUT2D eigenvalue weighted by Gasteiger charge is -2.13. The molecule has 0 saturated carbocycles. The average Bonchev–Trinajstić information content (AvgIpc) is 2.70. The van der Waals surface area contributed by atoms with Crippen molar-refractivity contribution in [3.05, 3.63) is 17.5 Å². The first-order valence-electron chi connectivity index (χ1n) is 5.67. The van der Waals surface area contributed by atoms with Gasteiger partial charge in [0.15, 0.2) is 0 Å². The minimum atomic E-state index is -0.845. The van der Waals surface area contributed by atoms with Crippen LogP contribution in [0.1, 0.15) is 38.2 Å². The van der Waals surface area contributed by atoms with Gasteiger partial charge in [-0.3, -0.25) is 14.8 Å². The van der Waals surface area contributed by atoms with Gasteiger partial charge in [-0.1, -0.05) is 13.8 Å². The molecule has 0 fully saturated rings. The summed E-state index contributed by atoms with van der Waals surface area (Å²) in [5.74, 6) is -0.446. The Morgan fingerprint density at radius 1 is 1.47 bits per heavy atom. The van der Waals surface area contributed by atoms with Crippen LogP contribution in [0.2, 0.25) is 0 Å². The zero-order valence-corrected chi connectivity index (χ0v) is 10.4. The monoisotopic (exact) mass is 238 g/mol. The smallest absolute Gasteiger partial charge is 0.318 e. The largest absolute Gasteiger partial charge is 0.351 e. The first-order valence-corrected chi connectivity index (χ1v) is 5.67. The highest BCUT2D eigenvalue weighted by molar-refractivity contribution is 5.95. The van der Waals surface area contributed by atoms with Crippen molar-refractivity contribution in [3.63, 3.8) is 0 Å². The number of hydrogen-bond acceptors (Lipinski definition) is 3. The first-order chi connectivity index (χ1) is 7.99. The number of nitrogens with two attached hydrogens (primary N) is 1. The van der Waals surface area contributed by atoms with Crippen molar-refractivity contribution in [1.29, 1.82) is 0 Å². The number of carbonyl (C=O) groups is 2. The van der Waals surface area contributed by atoms with Crippen LogP contribution in [-0.2, 0) is 17.6 Å². The zero-order chi connectivity index (χ0) is 13.0. The summed E-state index contributed by atoms with van der Waals surface area (Å²) in [6, 6.07) is 0.578. The summed E-state index contributed by atoms with van der Waals surface area (Å²) < 4.78 is 1.64. The zero-order valence-electron chi connectivity index (χ0n) is 10.4. The van der Waals surface area contributed by atoms with E-state index in [1.165, 1.54) is 0 Å². The third-order valence-electron chi connectivity index (χ3n) is 2.58. The minimum absolute atomic E-state index is 0.446. The molecule has 0 aliphatic carbocycles. The Balaban J connectivity index is 2.94. The molecule has 1 atom stereocenters. The molecule has 1 rings (SSSR count). The SMILES string of the molecule is CCc1cc(CC)n(C(C)C(=O)NC(N)=O)n1. The van der Waals surface area contributed by atoms with E-state index in [-0.39, 0.29) is 0 Å².